The molecular weight excluding hydrogens is 320 g/mol. The van der Waals surface area contributed by atoms with E-state index in [4.69, 9.17) is 15.2 Å². The van der Waals surface area contributed by atoms with Gasteiger partial charge in [-0.15, -0.1) is 0 Å². The average Bonchev–Trinajstić information content (AvgIpc) is 2.66. The van der Waals surface area contributed by atoms with Crippen LogP contribution in [0, 0.1) is 11.3 Å². The summed E-state index contributed by atoms with van der Waals surface area (Å²) in [4.78, 5) is 16.2. The van der Waals surface area contributed by atoms with E-state index in [1.54, 1.807) is 36.7 Å². The first-order chi connectivity index (χ1) is 12.3. The van der Waals surface area contributed by atoms with Crippen molar-refractivity contribution in [3.63, 3.8) is 0 Å². The predicted octanol–water partition coefficient (Wildman–Crippen LogP) is 1.88. The monoisotopic (exact) mass is 334 g/mol. The summed E-state index contributed by atoms with van der Waals surface area (Å²) in [6.07, 6.45) is 3.30. The summed E-state index contributed by atoms with van der Waals surface area (Å²) in [6, 6.07) is 12.9. The van der Waals surface area contributed by atoms with Gasteiger partial charge in [-0.05, 0) is 24.3 Å². The first-order valence-corrected chi connectivity index (χ1v) is 7.39. The van der Waals surface area contributed by atoms with Crippen LogP contribution in [0.4, 0.5) is 5.95 Å². The fourth-order valence-corrected chi connectivity index (χ4v) is 1.99. The Hall–Kier alpha value is -3.73. The minimum atomic E-state index is -0.0500. The molecule has 0 bridgehead atoms. The molecule has 0 saturated carbocycles. The second-order valence-electron chi connectivity index (χ2n) is 4.90. The van der Waals surface area contributed by atoms with Gasteiger partial charge in [0.05, 0.1) is 11.4 Å². The third-order valence-electron chi connectivity index (χ3n) is 3.14. The Kier molecular flexibility index (Phi) is 4.97. The van der Waals surface area contributed by atoms with Crippen LogP contribution in [0.3, 0.4) is 0 Å². The normalized spacial score (nSPS) is 10.0. The Bertz CT molecular complexity index is 816. The van der Waals surface area contributed by atoms with Crippen LogP contribution >= 0.6 is 0 Å². The molecule has 0 saturated heterocycles. The molecule has 3 aromatic rings. The van der Waals surface area contributed by atoms with E-state index >= 15 is 0 Å². The first kappa shape index (κ1) is 16.1. The molecule has 0 aliphatic carbocycles. The van der Waals surface area contributed by atoms with Gasteiger partial charge in [-0.25, -0.2) is 0 Å². The Morgan fingerprint density at radius 3 is 1.80 bits per heavy atom. The standard InChI is InChI=1S/C17H14N6O2/c18-9-14-15(24-10-12-5-1-3-7-20-12)22-17(19)23-16(14)25-11-13-6-2-4-8-21-13/h1-8H,10-11H2,(H2,19,22,23). The number of pyridine rings is 2. The van der Waals surface area contributed by atoms with Crippen molar-refractivity contribution in [2.24, 2.45) is 0 Å². The molecule has 2 N–H and O–H groups in total. The number of hydrogen-bond donors (Lipinski definition) is 1. The topological polar surface area (TPSA) is 120 Å². The fraction of sp³-hybridized carbons (Fsp3) is 0.118. The molecule has 0 aliphatic heterocycles. The number of nitrogens with two attached hydrogens (primary N) is 1. The van der Waals surface area contributed by atoms with Gasteiger partial charge >= 0.3 is 0 Å². The molecule has 3 rings (SSSR count). The Morgan fingerprint density at radius 1 is 0.880 bits per heavy atom. The van der Waals surface area contributed by atoms with E-state index in [-0.39, 0.29) is 36.5 Å². The Balaban J connectivity index is 1.79. The van der Waals surface area contributed by atoms with Crippen LogP contribution < -0.4 is 15.2 Å². The maximum Gasteiger partial charge on any atom is 0.241 e. The zero-order valence-electron chi connectivity index (χ0n) is 13.2. The first-order valence-electron chi connectivity index (χ1n) is 7.39. The largest absolute Gasteiger partial charge is 0.470 e. The molecule has 3 aromatic heterocycles. The molecule has 3 heterocycles. The van der Waals surface area contributed by atoms with Gasteiger partial charge in [-0.3, -0.25) is 9.97 Å². The molecule has 0 aromatic carbocycles. The summed E-state index contributed by atoms with van der Waals surface area (Å²) < 4.78 is 11.2. The summed E-state index contributed by atoms with van der Waals surface area (Å²) >= 11 is 0. The fourth-order valence-electron chi connectivity index (χ4n) is 1.99. The molecule has 0 fully saturated rings. The summed E-state index contributed by atoms with van der Waals surface area (Å²) in [7, 11) is 0. The Labute approximate surface area is 143 Å². The zero-order chi connectivity index (χ0) is 17.5. The highest BCUT2D eigenvalue weighted by Crippen LogP contribution is 2.26. The maximum absolute atomic E-state index is 9.42. The van der Waals surface area contributed by atoms with E-state index in [1.165, 1.54) is 0 Å². The summed E-state index contributed by atoms with van der Waals surface area (Å²) in [5, 5.41) is 9.42. The predicted molar refractivity (Wildman–Crippen MR) is 88.3 cm³/mol. The molecule has 124 valence electrons. The molecule has 25 heavy (non-hydrogen) atoms. The molecule has 8 heteroatoms. The zero-order valence-corrected chi connectivity index (χ0v) is 13.2. The van der Waals surface area contributed by atoms with Crippen LogP contribution in [-0.2, 0) is 13.2 Å². The van der Waals surface area contributed by atoms with Gasteiger partial charge in [0.2, 0.25) is 17.7 Å². The van der Waals surface area contributed by atoms with Crippen LogP contribution in [0.5, 0.6) is 11.8 Å². The number of anilines is 1. The van der Waals surface area contributed by atoms with Crippen LogP contribution in [0.1, 0.15) is 17.0 Å². The van der Waals surface area contributed by atoms with Gasteiger partial charge in [0.15, 0.2) is 5.56 Å². The number of rotatable bonds is 6. The number of ether oxygens (including phenoxy) is 2. The average molecular weight is 334 g/mol. The lowest BCUT2D eigenvalue weighted by atomic mass is 10.3. The minimum absolute atomic E-state index is 0.0500. The van der Waals surface area contributed by atoms with Gasteiger partial charge in [0, 0.05) is 12.4 Å². The highest BCUT2D eigenvalue weighted by molar-refractivity contribution is 5.48. The van der Waals surface area contributed by atoms with E-state index in [0.29, 0.717) is 11.4 Å². The maximum atomic E-state index is 9.42. The third kappa shape index (κ3) is 4.17. The summed E-state index contributed by atoms with van der Waals surface area (Å²) in [5.74, 6) is 0.0550. The van der Waals surface area contributed by atoms with Crippen molar-refractivity contribution in [3.8, 4) is 17.8 Å². The van der Waals surface area contributed by atoms with E-state index in [9.17, 15) is 5.26 Å². The van der Waals surface area contributed by atoms with Gasteiger partial charge in [-0.1, -0.05) is 12.1 Å². The second kappa shape index (κ2) is 7.70. The quantitative estimate of drug-likeness (QED) is 0.725. The number of nitriles is 1. The highest BCUT2D eigenvalue weighted by atomic mass is 16.5. The van der Waals surface area contributed by atoms with Crippen molar-refractivity contribution in [3.05, 3.63) is 65.7 Å². The molecule has 0 unspecified atom stereocenters. The molecule has 0 atom stereocenters. The van der Waals surface area contributed by atoms with Gasteiger partial charge in [-0.2, -0.15) is 15.2 Å². The molecule has 0 aliphatic rings. The van der Waals surface area contributed by atoms with Gasteiger partial charge < -0.3 is 15.2 Å². The second-order valence-corrected chi connectivity index (χ2v) is 4.90. The Morgan fingerprint density at radius 2 is 1.40 bits per heavy atom. The van der Waals surface area contributed by atoms with E-state index < -0.39 is 0 Å². The highest BCUT2D eigenvalue weighted by Gasteiger charge is 2.17. The van der Waals surface area contributed by atoms with Crippen LogP contribution in [0.2, 0.25) is 0 Å². The van der Waals surface area contributed by atoms with Crippen molar-refractivity contribution in [1.29, 1.82) is 5.26 Å². The molecule has 0 radical (unpaired) electrons. The van der Waals surface area contributed by atoms with E-state index in [0.717, 1.165) is 0 Å². The number of hydrogen-bond acceptors (Lipinski definition) is 8. The number of nitrogens with zero attached hydrogens (tertiary/aromatic N) is 5. The number of aromatic nitrogens is 4. The van der Waals surface area contributed by atoms with Crippen LogP contribution in [0.25, 0.3) is 0 Å². The lowest BCUT2D eigenvalue weighted by molar-refractivity contribution is 0.268. The van der Waals surface area contributed by atoms with Crippen molar-refractivity contribution in [2.45, 2.75) is 13.2 Å². The molecule has 8 nitrogen and oxygen atoms in total. The molecule has 0 spiro atoms. The summed E-state index contributed by atoms with van der Waals surface area (Å²) in [5.41, 5.74) is 7.16. The van der Waals surface area contributed by atoms with Crippen LogP contribution in [0.15, 0.2) is 48.8 Å². The van der Waals surface area contributed by atoms with Crippen molar-refractivity contribution in [2.75, 3.05) is 5.73 Å². The minimum Gasteiger partial charge on any atom is -0.470 e. The SMILES string of the molecule is N#Cc1c(OCc2ccccn2)nc(N)nc1OCc1ccccn1. The van der Waals surface area contributed by atoms with Gasteiger partial charge in [0.25, 0.3) is 0 Å². The summed E-state index contributed by atoms with van der Waals surface area (Å²) in [6.45, 7) is 0.289. The lowest BCUT2D eigenvalue weighted by Gasteiger charge is -2.11. The smallest absolute Gasteiger partial charge is 0.241 e. The third-order valence-corrected chi connectivity index (χ3v) is 3.14. The van der Waals surface area contributed by atoms with Crippen LogP contribution in [-0.4, -0.2) is 19.9 Å². The van der Waals surface area contributed by atoms with Crippen molar-refractivity contribution < 1.29 is 9.47 Å². The number of nitrogen functional groups attached to an aromatic ring is 1. The van der Waals surface area contributed by atoms with Crippen molar-refractivity contribution >= 4 is 5.95 Å². The molecular formula is C17H14N6O2. The van der Waals surface area contributed by atoms with Crippen molar-refractivity contribution in [1.82, 2.24) is 19.9 Å². The van der Waals surface area contributed by atoms with Gasteiger partial charge in [0.1, 0.15) is 19.3 Å². The molecule has 0 amide bonds. The lowest BCUT2D eigenvalue weighted by Crippen LogP contribution is -2.08. The van der Waals surface area contributed by atoms with E-state index in [1.807, 2.05) is 18.2 Å². The van der Waals surface area contributed by atoms with E-state index in [2.05, 4.69) is 19.9 Å².